The molecule has 5 rings (SSSR count). The molecule has 5 aromatic rings. The molecule has 0 saturated carbocycles. The molecule has 0 amide bonds. The van der Waals surface area contributed by atoms with Crippen LogP contribution < -0.4 is 15.2 Å². The minimum atomic E-state index is -0.212. The highest BCUT2D eigenvalue weighted by Gasteiger charge is 2.27. The molecular formula is C26H19ClN5O2+. The molecule has 166 valence electrons. The van der Waals surface area contributed by atoms with E-state index < -0.39 is 0 Å². The van der Waals surface area contributed by atoms with Gasteiger partial charge in [-0.1, -0.05) is 35.9 Å². The summed E-state index contributed by atoms with van der Waals surface area (Å²) in [5.41, 5.74) is 9.21. The number of ether oxygens (including phenoxy) is 1. The average Bonchev–Trinajstić information content (AvgIpc) is 3.40. The maximum Gasteiger partial charge on any atom is 0.219 e. The number of aryl methyl sites for hydroxylation is 1. The predicted octanol–water partition coefficient (Wildman–Crippen LogP) is 4.91. The van der Waals surface area contributed by atoms with E-state index in [-0.39, 0.29) is 11.6 Å². The SMILES string of the molecule is C[n+]1cc(C(=O)c2cc3ccccc3[nH]2)c(N)n1-c1ccc(Oc2cccc(C#N)c2)cc1Cl. The molecule has 3 aromatic carbocycles. The van der Waals surface area contributed by atoms with Crippen molar-refractivity contribution in [2.24, 2.45) is 7.05 Å². The van der Waals surface area contributed by atoms with Crippen molar-refractivity contribution in [2.45, 2.75) is 0 Å². The van der Waals surface area contributed by atoms with Gasteiger partial charge in [0, 0.05) is 17.0 Å². The van der Waals surface area contributed by atoms with Crippen LogP contribution >= 0.6 is 11.6 Å². The highest BCUT2D eigenvalue weighted by Crippen LogP contribution is 2.31. The summed E-state index contributed by atoms with van der Waals surface area (Å²) in [6.07, 6.45) is 1.68. The van der Waals surface area contributed by atoms with Crippen molar-refractivity contribution in [3.05, 3.63) is 101 Å². The van der Waals surface area contributed by atoms with E-state index in [0.717, 1.165) is 10.9 Å². The zero-order valence-electron chi connectivity index (χ0n) is 18.1. The van der Waals surface area contributed by atoms with Crippen LogP contribution in [0.2, 0.25) is 5.02 Å². The van der Waals surface area contributed by atoms with E-state index in [9.17, 15) is 4.79 Å². The Kier molecular flexibility index (Phi) is 5.28. The van der Waals surface area contributed by atoms with Crippen LogP contribution in [-0.2, 0) is 7.05 Å². The van der Waals surface area contributed by atoms with Gasteiger partial charge in [0.25, 0.3) is 0 Å². The molecule has 7 nitrogen and oxygen atoms in total. The summed E-state index contributed by atoms with van der Waals surface area (Å²) in [6, 6.07) is 23.6. The predicted molar refractivity (Wildman–Crippen MR) is 129 cm³/mol. The van der Waals surface area contributed by atoms with Gasteiger partial charge in [0.15, 0.2) is 12.9 Å². The molecule has 0 aliphatic heterocycles. The quantitative estimate of drug-likeness (QED) is 0.282. The summed E-state index contributed by atoms with van der Waals surface area (Å²) in [4.78, 5) is 16.4. The normalized spacial score (nSPS) is 10.9. The monoisotopic (exact) mass is 468 g/mol. The number of hydrogen-bond acceptors (Lipinski definition) is 4. The highest BCUT2D eigenvalue weighted by molar-refractivity contribution is 6.32. The number of benzene rings is 3. The first kappa shape index (κ1) is 21.3. The maximum absolute atomic E-state index is 13.2. The Morgan fingerprint density at radius 3 is 2.65 bits per heavy atom. The minimum absolute atomic E-state index is 0.212. The van der Waals surface area contributed by atoms with Gasteiger partial charge in [-0.25, -0.2) is 0 Å². The van der Waals surface area contributed by atoms with Gasteiger partial charge >= 0.3 is 0 Å². The van der Waals surface area contributed by atoms with Crippen LogP contribution in [0.25, 0.3) is 16.6 Å². The molecule has 0 aliphatic carbocycles. The highest BCUT2D eigenvalue weighted by atomic mass is 35.5. The summed E-state index contributed by atoms with van der Waals surface area (Å²) in [5.74, 6) is 1.09. The fraction of sp³-hybridized carbons (Fsp3) is 0.0385. The number of aromatic amines is 1. The van der Waals surface area contributed by atoms with Crippen LogP contribution in [0.4, 0.5) is 5.82 Å². The summed E-state index contributed by atoms with van der Waals surface area (Å²) in [6.45, 7) is 0. The number of rotatable bonds is 5. The van der Waals surface area contributed by atoms with Gasteiger partial charge in [0.05, 0.1) is 22.3 Å². The molecular weight excluding hydrogens is 450 g/mol. The van der Waals surface area contributed by atoms with E-state index in [4.69, 9.17) is 27.3 Å². The number of nitrogens with one attached hydrogen (secondary N) is 1. The Hall–Kier alpha value is -4.54. The number of nitriles is 1. The molecule has 2 aromatic heterocycles. The fourth-order valence-corrected chi connectivity index (χ4v) is 4.15. The molecule has 34 heavy (non-hydrogen) atoms. The Morgan fingerprint density at radius 2 is 1.88 bits per heavy atom. The summed E-state index contributed by atoms with van der Waals surface area (Å²) < 4.78 is 9.22. The third-order valence-electron chi connectivity index (χ3n) is 5.50. The molecule has 0 radical (unpaired) electrons. The van der Waals surface area contributed by atoms with E-state index >= 15 is 0 Å². The van der Waals surface area contributed by atoms with Crippen LogP contribution in [0.3, 0.4) is 0 Å². The van der Waals surface area contributed by atoms with Crippen molar-refractivity contribution < 1.29 is 14.2 Å². The molecule has 0 saturated heterocycles. The van der Waals surface area contributed by atoms with E-state index in [1.165, 1.54) is 0 Å². The number of anilines is 1. The zero-order valence-corrected chi connectivity index (χ0v) is 18.9. The average molecular weight is 469 g/mol. The zero-order chi connectivity index (χ0) is 23.8. The minimum Gasteiger partial charge on any atom is -0.457 e. The van der Waals surface area contributed by atoms with Crippen molar-refractivity contribution >= 4 is 34.1 Å². The van der Waals surface area contributed by atoms with Gasteiger partial charge in [0.1, 0.15) is 22.7 Å². The topological polar surface area (TPSA) is 101 Å². The number of nitrogen functional groups attached to an aromatic ring is 1. The third-order valence-corrected chi connectivity index (χ3v) is 5.80. The summed E-state index contributed by atoms with van der Waals surface area (Å²) >= 11 is 6.58. The standard InChI is InChI=1S/C26H18ClN5O2/c1-31-15-20(25(33)23-12-17-6-2-3-8-22(17)30-23)26(29)32(31)24-10-9-19(13-21(24)27)34-18-7-4-5-16(11-18)14-28/h2-13,15,29H,1H3,(H,30,33)/p+1. The number of nitrogens with two attached hydrogens (primary N) is 1. The second-order valence-corrected chi connectivity index (χ2v) is 8.17. The lowest BCUT2D eigenvalue weighted by molar-refractivity contribution is -0.743. The van der Waals surface area contributed by atoms with Crippen LogP contribution in [0, 0.1) is 11.3 Å². The van der Waals surface area contributed by atoms with E-state index in [0.29, 0.717) is 39.0 Å². The number of H-pyrrole nitrogens is 1. The molecule has 8 heteroatoms. The van der Waals surface area contributed by atoms with Gasteiger partial charge < -0.3 is 15.5 Å². The molecule has 0 fully saturated rings. The molecule has 0 unspecified atom stereocenters. The van der Waals surface area contributed by atoms with Gasteiger partial charge in [-0.05, 0) is 42.5 Å². The number of halogens is 1. The van der Waals surface area contributed by atoms with E-state index in [1.54, 1.807) is 65.1 Å². The fourth-order valence-electron chi connectivity index (χ4n) is 3.90. The number of ketones is 1. The van der Waals surface area contributed by atoms with Crippen LogP contribution in [0.15, 0.2) is 79.0 Å². The molecule has 0 spiro atoms. The number of hydrogen-bond donors (Lipinski definition) is 2. The molecule has 0 aliphatic rings. The van der Waals surface area contributed by atoms with Gasteiger partial charge in [-0.2, -0.15) is 5.26 Å². The number of carbonyl (C=O) groups excluding carboxylic acids is 1. The lowest BCUT2D eigenvalue weighted by atomic mass is 10.1. The second-order valence-electron chi connectivity index (χ2n) is 7.77. The van der Waals surface area contributed by atoms with Crippen LogP contribution in [0.5, 0.6) is 11.5 Å². The number of nitrogens with zero attached hydrogens (tertiary/aromatic N) is 3. The first-order valence-corrected chi connectivity index (χ1v) is 10.8. The Morgan fingerprint density at radius 1 is 1.09 bits per heavy atom. The Bertz CT molecular complexity index is 1580. The van der Waals surface area contributed by atoms with Gasteiger partial charge in [0.2, 0.25) is 12.0 Å². The molecule has 2 heterocycles. The molecule has 0 atom stereocenters. The number of carbonyl (C=O) groups is 1. The van der Waals surface area contributed by atoms with Gasteiger partial charge in [-0.3, -0.25) is 4.79 Å². The van der Waals surface area contributed by atoms with Crippen LogP contribution in [0.1, 0.15) is 21.6 Å². The summed E-state index contributed by atoms with van der Waals surface area (Å²) in [5, 5.41) is 10.4. The first-order chi connectivity index (χ1) is 16.4. The second kappa shape index (κ2) is 8.43. The summed E-state index contributed by atoms with van der Waals surface area (Å²) in [7, 11) is 1.78. The molecule has 3 N–H and O–H groups in total. The largest absolute Gasteiger partial charge is 0.457 e. The smallest absolute Gasteiger partial charge is 0.219 e. The third kappa shape index (κ3) is 3.76. The molecule has 0 bridgehead atoms. The van der Waals surface area contributed by atoms with Crippen molar-refractivity contribution in [1.82, 2.24) is 9.67 Å². The van der Waals surface area contributed by atoms with E-state index in [1.807, 2.05) is 30.3 Å². The number of para-hydroxylation sites is 1. The van der Waals surface area contributed by atoms with Crippen molar-refractivity contribution in [3.8, 4) is 23.3 Å². The number of aromatic nitrogens is 3. The van der Waals surface area contributed by atoms with Crippen LogP contribution in [-0.4, -0.2) is 15.4 Å². The van der Waals surface area contributed by atoms with Crippen molar-refractivity contribution in [2.75, 3.05) is 5.73 Å². The Balaban J connectivity index is 1.47. The van der Waals surface area contributed by atoms with Gasteiger partial charge in [-0.15, -0.1) is 9.36 Å². The number of fused-ring (bicyclic) bond motifs is 1. The lowest BCUT2D eigenvalue weighted by Crippen LogP contribution is -2.37. The Labute approximate surface area is 200 Å². The van der Waals surface area contributed by atoms with Crippen molar-refractivity contribution in [1.29, 1.82) is 5.26 Å². The maximum atomic E-state index is 13.2. The lowest BCUT2D eigenvalue weighted by Gasteiger charge is -2.09. The van der Waals surface area contributed by atoms with Crippen molar-refractivity contribution in [3.63, 3.8) is 0 Å². The first-order valence-electron chi connectivity index (χ1n) is 10.4. The van der Waals surface area contributed by atoms with E-state index in [2.05, 4.69) is 11.1 Å².